The lowest BCUT2D eigenvalue weighted by Crippen LogP contribution is -2.42. The highest BCUT2D eigenvalue weighted by Crippen LogP contribution is 2.35. The van der Waals surface area contributed by atoms with Gasteiger partial charge in [-0.25, -0.2) is 0 Å². The van der Waals surface area contributed by atoms with E-state index >= 15 is 0 Å². The molecule has 0 aromatic heterocycles. The number of nitrogens with one attached hydrogen (secondary N) is 2. The summed E-state index contributed by atoms with van der Waals surface area (Å²) in [5.41, 5.74) is 0.704. The van der Waals surface area contributed by atoms with Gasteiger partial charge in [0.1, 0.15) is 13.2 Å². The van der Waals surface area contributed by atoms with Crippen LogP contribution in [-0.2, 0) is 10.2 Å². The second-order valence-corrected chi connectivity index (χ2v) is 7.95. The summed E-state index contributed by atoms with van der Waals surface area (Å²) in [6.07, 6.45) is 0. The number of ether oxygens (including phenoxy) is 4. The third-order valence-corrected chi connectivity index (χ3v) is 5.10. The minimum atomic E-state index is -3.02. The highest BCUT2D eigenvalue weighted by Gasteiger charge is 2.24. The number of methoxy groups -OCH3 is 1. The van der Waals surface area contributed by atoms with Crippen LogP contribution in [-0.4, -0.2) is 51.8 Å². The van der Waals surface area contributed by atoms with Crippen molar-refractivity contribution in [2.24, 2.45) is 0 Å². The van der Waals surface area contributed by atoms with Crippen LogP contribution in [0, 0.1) is 0 Å². The van der Waals surface area contributed by atoms with Crippen molar-refractivity contribution in [3.05, 3.63) is 47.5 Å². The lowest BCUT2D eigenvalue weighted by molar-refractivity contribution is -0.120. The van der Waals surface area contributed by atoms with E-state index in [1.807, 2.05) is 32.0 Å². The van der Waals surface area contributed by atoms with Crippen molar-refractivity contribution in [2.45, 2.75) is 25.9 Å². The fourth-order valence-corrected chi connectivity index (χ4v) is 3.21. The average Bonchev–Trinajstić information content (AvgIpc) is 2.80. The molecule has 178 valence electrons. The molecule has 0 bridgehead atoms. The Balaban J connectivity index is 1.53. The first-order valence-electron chi connectivity index (χ1n) is 10.3. The highest BCUT2D eigenvalue weighted by atomic mass is 19.3. The van der Waals surface area contributed by atoms with Gasteiger partial charge in [-0.15, -0.1) is 0 Å². The van der Waals surface area contributed by atoms with Gasteiger partial charge in [-0.2, -0.15) is 8.78 Å². The number of carbonyl (C=O) groups excluding carboxylic acids is 2. The minimum Gasteiger partial charge on any atom is -0.493 e. The van der Waals surface area contributed by atoms with E-state index in [2.05, 4.69) is 15.4 Å². The quantitative estimate of drug-likeness (QED) is 0.593. The van der Waals surface area contributed by atoms with Crippen LogP contribution in [0.25, 0.3) is 0 Å². The van der Waals surface area contributed by atoms with Crippen molar-refractivity contribution in [3.63, 3.8) is 0 Å². The van der Waals surface area contributed by atoms with Crippen LogP contribution < -0.4 is 29.6 Å². The van der Waals surface area contributed by atoms with E-state index in [1.54, 1.807) is 0 Å². The molecule has 3 rings (SSSR count). The van der Waals surface area contributed by atoms with Gasteiger partial charge in [-0.05, 0) is 35.9 Å². The van der Waals surface area contributed by atoms with Crippen molar-refractivity contribution < 1.29 is 37.3 Å². The summed E-state index contributed by atoms with van der Waals surface area (Å²) >= 11 is 0. The predicted octanol–water partition coefficient (Wildman–Crippen LogP) is 2.89. The summed E-state index contributed by atoms with van der Waals surface area (Å²) in [5.74, 6) is 0.220. The molecule has 0 unspecified atom stereocenters. The van der Waals surface area contributed by atoms with E-state index < -0.39 is 17.9 Å². The van der Waals surface area contributed by atoms with Crippen molar-refractivity contribution >= 4 is 11.8 Å². The SMILES string of the molecule is COc1cc(C(=O)NCC(=O)NCC(C)(C)c2ccc3c(c2)OCCO3)ccc1OC(F)F. The topological polar surface area (TPSA) is 95.1 Å². The molecule has 1 aliphatic rings. The maximum Gasteiger partial charge on any atom is 0.387 e. The van der Waals surface area contributed by atoms with Crippen LogP contribution in [0.15, 0.2) is 36.4 Å². The fraction of sp³-hybridized carbons (Fsp3) is 0.391. The Kier molecular flexibility index (Phi) is 7.57. The van der Waals surface area contributed by atoms with Gasteiger partial charge in [-0.1, -0.05) is 19.9 Å². The molecule has 0 fully saturated rings. The predicted molar refractivity (Wildman–Crippen MR) is 115 cm³/mol. The average molecular weight is 464 g/mol. The summed E-state index contributed by atoms with van der Waals surface area (Å²) < 4.78 is 45.3. The molecule has 2 aromatic carbocycles. The normalized spacial score (nSPS) is 12.8. The maximum atomic E-state index is 12.4. The number of halogens is 2. The molecule has 2 N–H and O–H groups in total. The molecule has 8 nitrogen and oxygen atoms in total. The second kappa shape index (κ2) is 10.4. The molecule has 0 spiro atoms. The molecule has 0 radical (unpaired) electrons. The first kappa shape index (κ1) is 24.1. The zero-order chi connectivity index (χ0) is 24.0. The first-order chi connectivity index (χ1) is 15.7. The molecule has 1 heterocycles. The van der Waals surface area contributed by atoms with Crippen molar-refractivity contribution in [3.8, 4) is 23.0 Å². The molecule has 33 heavy (non-hydrogen) atoms. The van der Waals surface area contributed by atoms with Gasteiger partial charge in [0.2, 0.25) is 5.91 Å². The van der Waals surface area contributed by atoms with E-state index in [0.717, 1.165) is 5.56 Å². The third kappa shape index (κ3) is 6.24. The van der Waals surface area contributed by atoms with E-state index in [-0.39, 0.29) is 29.5 Å². The minimum absolute atomic E-state index is 0.0198. The molecule has 2 amide bonds. The molecule has 1 aliphatic heterocycles. The Morgan fingerprint density at radius 1 is 1.03 bits per heavy atom. The van der Waals surface area contributed by atoms with E-state index in [0.29, 0.717) is 31.3 Å². The number of hydrogen-bond acceptors (Lipinski definition) is 6. The van der Waals surface area contributed by atoms with Gasteiger partial charge < -0.3 is 29.6 Å². The zero-order valence-corrected chi connectivity index (χ0v) is 18.6. The Bertz CT molecular complexity index is 1010. The summed E-state index contributed by atoms with van der Waals surface area (Å²) in [6.45, 7) is 2.01. The van der Waals surface area contributed by atoms with Crippen LogP contribution >= 0.6 is 0 Å². The van der Waals surface area contributed by atoms with Crippen LogP contribution in [0.5, 0.6) is 23.0 Å². The monoisotopic (exact) mass is 464 g/mol. The number of hydrogen-bond donors (Lipinski definition) is 2. The van der Waals surface area contributed by atoms with E-state index in [4.69, 9.17) is 14.2 Å². The molecular weight excluding hydrogens is 438 g/mol. The highest BCUT2D eigenvalue weighted by molar-refractivity contribution is 5.97. The summed E-state index contributed by atoms with van der Waals surface area (Å²) in [4.78, 5) is 24.6. The summed E-state index contributed by atoms with van der Waals surface area (Å²) in [6, 6.07) is 9.44. The molecule has 0 atom stereocenters. The third-order valence-electron chi connectivity index (χ3n) is 5.10. The second-order valence-electron chi connectivity index (χ2n) is 7.95. The molecular formula is C23H26F2N2O6. The van der Waals surface area contributed by atoms with Crippen molar-refractivity contribution in [1.82, 2.24) is 10.6 Å². The number of benzene rings is 2. The molecule has 2 aromatic rings. The fourth-order valence-electron chi connectivity index (χ4n) is 3.21. The van der Waals surface area contributed by atoms with Gasteiger partial charge in [0.05, 0.1) is 13.7 Å². The molecule has 10 heteroatoms. The Morgan fingerprint density at radius 2 is 1.76 bits per heavy atom. The Morgan fingerprint density at radius 3 is 2.45 bits per heavy atom. The molecule has 0 saturated carbocycles. The number of carbonyl (C=O) groups is 2. The van der Waals surface area contributed by atoms with E-state index in [1.165, 1.54) is 25.3 Å². The van der Waals surface area contributed by atoms with Gasteiger partial charge in [-0.3, -0.25) is 9.59 Å². The van der Waals surface area contributed by atoms with E-state index in [9.17, 15) is 18.4 Å². The lowest BCUT2D eigenvalue weighted by Gasteiger charge is -2.28. The number of fused-ring (bicyclic) bond motifs is 1. The van der Waals surface area contributed by atoms with Crippen molar-refractivity contribution in [1.29, 1.82) is 0 Å². The summed E-state index contributed by atoms with van der Waals surface area (Å²) in [7, 11) is 1.27. The van der Waals surface area contributed by atoms with Crippen LogP contribution in [0.2, 0.25) is 0 Å². The number of rotatable bonds is 9. The zero-order valence-electron chi connectivity index (χ0n) is 18.6. The lowest BCUT2D eigenvalue weighted by atomic mass is 9.84. The number of amides is 2. The Hall–Kier alpha value is -3.56. The summed E-state index contributed by atoms with van der Waals surface area (Å²) in [5, 5.41) is 5.30. The first-order valence-corrected chi connectivity index (χ1v) is 10.3. The van der Waals surface area contributed by atoms with Crippen LogP contribution in [0.4, 0.5) is 8.78 Å². The number of alkyl halides is 2. The van der Waals surface area contributed by atoms with Crippen molar-refractivity contribution in [2.75, 3.05) is 33.4 Å². The van der Waals surface area contributed by atoms with Gasteiger partial charge in [0, 0.05) is 17.5 Å². The van der Waals surface area contributed by atoms with Crippen LogP contribution in [0.1, 0.15) is 29.8 Å². The Labute approximate surface area is 190 Å². The van der Waals surface area contributed by atoms with Gasteiger partial charge >= 0.3 is 6.61 Å². The molecule has 0 saturated heterocycles. The largest absolute Gasteiger partial charge is 0.493 e. The van der Waals surface area contributed by atoms with Crippen LogP contribution in [0.3, 0.4) is 0 Å². The standard InChI is InChI=1S/C23H26F2N2O6/c1-23(2,15-5-7-16-19(11-15)32-9-8-31-16)13-27-20(28)12-26-21(29)14-4-6-17(33-22(24)25)18(10-14)30-3/h4-7,10-11,22H,8-9,12-13H2,1-3H3,(H,26,29)(H,27,28). The molecule has 0 aliphatic carbocycles. The smallest absolute Gasteiger partial charge is 0.387 e. The maximum absolute atomic E-state index is 12.4. The van der Waals surface area contributed by atoms with Gasteiger partial charge in [0.15, 0.2) is 23.0 Å². The van der Waals surface area contributed by atoms with Gasteiger partial charge in [0.25, 0.3) is 5.91 Å².